The van der Waals surface area contributed by atoms with Crippen LogP contribution in [0.4, 0.5) is 0 Å². The zero-order chi connectivity index (χ0) is 74.2. The first-order valence-electron chi connectivity index (χ1n) is 35.9. The topological polar surface area (TPSA) is 335 Å². The second-order valence-corrected chi connectivity index (χ2v) is 30.3. The van der Waals surface area contributed by atoms with Crippen LogP contribution < -0.4 is 73.9 Å². The third kappa shape index (κ3) is 14.3. The molecule has 10 aliphatic rings. The van der Waals surface area contributed by atoms with E-state index in [4.69, 9.17) is 47.7 Å². The van der Waals surface area contributed by atoms with Gasteiger partial charge in [-0.05, 0) is 153 Å². The van der Waals surface area contributed by atoms with E-state index in [1.54, 1.807) is 52.6 Å². The number of ketones is 2. The molecule has 28 heteroatoms. The van der Waals surface area contributed by atoms with E-state index in [0.717, 1.165) is 98.0 Å². The van der Waals surface area contributed by atoms with E-state index in [0.29, 0.717) is 90.6 Å². The molecule has 16 rings (SSSR count). The number of methoxy groups -OCH3 is 3. The Morgan fingerprint density at radius 3 is 1.19 bits per heavy atom. The number of aromatic carboxylic acids is 1. The molecule has 27 nitrogen and oxygen atoms in total. The Kier molecular flexibility index (Phi) is 22.3. The number of nitrogens with zero attached hydrogens (tertiary/aromatic N) is 6. The molecular formula is C78H93LiN6O21. The summed E-state index contributed by atoms with van der Waals surface area (Å²) >= 11 is 0. The number of carbonyl (C=O) groups excluding carboxylic acids is 4. The van der Waals surface area contributed by atoms with Gasteiger partial charge in [-0.2, -0.15) is 0 Å². The number of hydrogen-bond donors (Lipinski definition) is 3. The maximum absolute atomic E-state index is 12.9. The fourth-order valence-corrected chi connectivity index (χ4v) is 16.7. The fourth-order valence-electron chi connectivity index (χ4n) is 16.7. The Hall–Kier alpha value is -9.10. The summed E-state index contributed by atoms with van der Waals surface area (Å²) < 4.78 is 55.3. The van der Waals surface area contributed by atoms with Crippen molar-refractivity contribution in [2.75, 3.05) is 82.6 Å². The number of benzene rings is 3. The van der Waals surface area contributed by atoms with Crippen LogP contribution in [-0.2, 0) is 28.5 Å². The van der Waals surface area contributed by atoms with Crippen LogP contribution in [0.25, 0.3) is 33.8 Å². The summed E-state index contributed by atoms with van der Waals surface area (Å²) in [6.45, 7) is 19.3. The maximum atomic E-state index is 12.9. The van der Waals surface area contributed by atoms with Gasteiger partial charge in [-0.25, -0.2) is 14.4 Å². The average molecular weight is 1460 g/mol. The van der Waals surface area contributed by atoms with Gasteiger partial charge < -0.3 is 63.4 Å². The maximum Gasteiger partial charge on any atom is 1.00 e. The Bertz CT molecular complexity index is 4610. The Labute approximate surface area is 625 Å². The molecule has 0 unspecified atom stereocenters. The molecule has 562 valence electrons. The fraction of sp³-hybridized carbons (Fsp3) is 0.513. The van der Waals surface area contributed by atoms with Crippen LogP contribution >= 0.6 is 0 Å². The summed E-state index contributed by atoms with van der Waals surface area (Å²) in [5.74, 6) is 1.50. The number of hydrogen-bond acceptors (Lipinski definition) is 23. The Morgan fingerprint density at radius 1 is 0.500 bits per heavy atom. The van der Waals surface area contributed by atoms with Gasteiger partial charge in [0, 0.05) is 110 Å². The van der Waals surface area contributed by atoms with Gasteiger partial charge in [0.1, 0.15) is 28.3 Å². The molecule has 3 aromatic heterocycles. The number of phenols is 1. The van der Waals surface area contributed by atoms with Gasteiger partial charge in [-0.3, -0.25) is 53.0 Å². The van der Waals surface area contributed by atoms with Crippen LogP contribution in [0.2, 0.25) is 0 Å². The summed E-state index contributed by atoms with van der Waals surface area (Å²) in [6, 6.07) is 15.7. The number of aliphatic hydroxyl groups is 1. The number of aromatic nitrogens is 3. The molecule has 3 aromatic carbocycles. The molecule has 4 saturated heterocycles. The number of fused-ring (bicyclic) bond motifs is 18. The normalized spacial score (nSPS) is 20.6. The van der Waals surface area contributed by atoms with Crippen molar-refractivity contribution < 1.29 is 106 Å². The van der Waals surface area contributed by atoms with Gasteiger partial charge in [0.15, 0.2) is 56.6 Å². The Morgan fingerprint density at radius 2 is 0.849 bits per heavy atom. The number of pyridine rings is 3. The van der Waals surface area contributed by atoms with Crippen LogP contribution in [0, 0.1) is 17.8 Å². The van der Waals surface area contributed by atoms with Crippen LogP contribution in [-0.4, -0.2) is 154 Å². The van der Waals surface area contributed by atoms with E-state index in [1.807, 2.05) is 38.3 Å². The van der Waals surface area contributed by atoms with Crippen molar-refractivity contribution in [3.05, 3.63) is 137 Å². The first-order chi connectivity index (χ1) is 49.5. The van der Waals surface area contributed by atoms with Crippen LogP contribution in [0.1, 0.15) is 198 Å². The standard InChI is InChI=1S/C26H30N2O6.C24H26N2O6.C21H24N2O5.C7H12O3.Li.H2O/c1-5-33-25(31)19-13-27-21(12-22(19)30)18-10-23(32-4)24(34-14-15-8-16(29)9-15)11-17(18)20-6-7-26(2,3)28(20)27;1-24(2)5-4-18-15-9-22(32-12-13-6-14(27)7-13)21(31-3)8-16(15)19-10-20(28)17(23(29)30)11-25(19)26(18)24;1-5-28-20(26)14-11-22-16(10-17(14)24)13-9-19(27-4)18(25)8-12(13)15-6-7-21(2,3)23(15)22;8-5-6-3-7(4-6)9-1-2-10-7;;/h10-13,15,20H,5-9,14H2,1-4H3;8-11,13,18H,4-7,12H2,1-3H3,(H,29,30);8-11,15,25H,5-7H2,1-4H3;6,8H,1-5H2;;1H2/q;;;;+1;/p-1/t20-;18-;15-;;;/m111.../s1. The number of phenolic OH excluding ortho intramolecular Hbond substituents is 1. The number of aromatic hydroxyl groups is 1. The molecule has 0 bridgehead atoms. The SMILES string of the molecule is CCOC(=O)c1cn2c(cc1=O)-c1cc(OC)c(O)cc1[C@H]1CCC(C)(C)N12.CCOC(=O)c1cn2c(cc1=O)-c1cc(OC)c(OCC3CC(=O)C3)cc1[C@H]1CCC(C)(C)N12.COc1cc2c(cc1OCC1CC(=O)C1)[C@H]1CCC(C)(C)N1n1cc(C(=O)O)c(=O)cc1-2.OCC1CC2(C1)OCCO2.[Li+].[OH-]. The van der Waals surface area contributed by atoms with Gasteiger partial charge in [-0.15, -0.1) is 0 Å². The smallest absolute Gasteiger partial charge is 0.870 e. The minimum Gasteiger partial charge on any atom is -0.870 e. The molecular weight excluding hydrogens is 1360 g/mol. The summed E-state index contributed by atoms with van der Waals surface area (Å²) in [4.78, 5) is 97.2. The minimum atomic E-state index is -1.24. The largest absolute Gasteiger partial charge is 1.00 e. The number of ether oxygens (including phenoxy) is 9. The minimum absolute atomic E-state index is 0. The van der Waals surface area contributed by atoms with Crippen molar-refractivity contribution in [1.82, 2.24) is 14.0 Å². The zero-order valence-electron chi connectivity index (χ0n) is 62.2. The third-order valence-corrected chi connectivity index (χ3v) is 22.1. The van der Waals surface area contributed by atoms with E-state index >= 15 is 0 Å². The van der Waals surface area contributed by atoms with Crippen molar-refractivity contribution in [1.29, 1.82) is 0 Å². The molecule has 0 amide bonds. The molecule has 106 heavy (non-hydrogen) atoms. The van der Waals surface area contributed by atoms with Crippen LogP contribution in [0.5, 0.6) is 34.5 Å². The summed E-state index contributed by atoms with van der Waals surface area (Å²) in [7, 11) is 4.65. The van der Waals surface area contributed by atoms with Crippen LogP contribution in [0.3, 0.4) is 0 Å². The van der Waals surface area contributed by atoms with Crippen molar-refractivity contribution in [3.63, 3.8) is 0 Å². The molecule has 3 atom stereocenters. The van der Waals surface area contributed by atoms with E-state index < -0.39 is 28.8 Å². The number of carbonyl (C=O) groups is 5. The molecule has 3 saturated carbocycles. The van der Waals surface area contributed by atoms with Gasteiger partial charge in [0.25, 0.3) is 0 Å². The molecule has 1 spiro atoms. The summed E-state index contributed by atoms with van der Waals surface area (Å²) in [5, 5.41) is 35.1. The molecule has 7 fully saturated rings. The number of Topliss-reactive ketones (excluding diaryl/α,β-unsaturated/α-hetero) is 2. The first kappa shape index (κ1) is 78.0. The van der Waals surface area contributed by atoms with Crippen molar-refractivity contribution in [2.24, 2.45) is 17.8 Å². The van der Waals surface area contributed by atoms with E-state index in [-0.39, 0.29) is 136 Å². The van der Waals surface area contributed by atoms with E-state index in [9.17, 15) is 48.6 Å². The first-order valence-corrected chi connectivity index (χ1v) is 35.9. The van der Waals surface area contributed by atoms with Gasteiger partial charge in [-0.1, -0.05) is 0 Å². The molecule has 4 N–H and O–H groups in total. The molecule has 0 radical (unpaired) electrons. The van der Waals surface area contributed by atoms with Crippen LogP contribution in [0.15, 0.2) is 87.6 Å². The van der Waals surface area contributed by atoms with Gasteiger partial charge in [0.05, 0.1) is 113 Å². The molecule has 6 aromatic rings. The third-order valence-electron chi connectivity index (χ3n) is 22.1. The Balaban J connectivity index is 0.000000148. The quantitative estimate of drug-likeness (QED) is 0.0711. The summed E-state index contributed by atoms with van der Waals surface area (Å²) in [6.07, 6.45) is 14.1. The van der Waals surface area contributed by atoms with E-state index in [1.165, 1.54) is 31.5 Å². The van der Waals surface area contributed by atoms with E-state index in [2.05, 4.69) is 56.6 Å². The second kappa shape index (κ2) is 30.3. The van der Waals surface area contributed by atoms with Crippen molar-refractivity contribution in [3.8, 4) is 68.3 Å². The summed E-state index contributed by atoms with van der Waals surface area (Å²) in [5.41, 5.74) is 5.48. The second-order valence-electron chi connectivity index (χ2n) is 30.3. The number of aliphatic hydroxyl groups excluding tert-OH is 1. The average Bonchev–Trinajstić information content (AvgIpc) is 1.39. The zero-order valence-corrected chi connectivity index (χ0v) is 62.2. The predicted molar refractivity (Wildman–Crippen MR) is 384 cm³/mol. The van der Waals surface area contributed by atoms with Crippen molar-refractivity contribution in [2.45, 2.75) is 173 Å². The number of esters is 2. The molecule has 7 aliphatic heterocycles. The molecule has 10 heterocycles. The van der Waals surface area contributed by atoms with Gasteiger partial charge >= 0.3 is 36.8 Å². The van der Waals surface area contributed by atoms with Gasteiger partial charge in [0.2, 0.25) is 0 Å². The number of carboxylic acids is 1. The molecule has 3 aliphatic carbocycles. The monoisotopic (exact) mass is 1460 g/mol. The number of carboxylic acid groups (broad SMARTS) is 1. The predicted octanol–water partition coefficient (Wildman–Crippen LogP) is 6.70. The van der Waals surface area contributed by atoms with Crippen molar-refractivity contribution >= 4 is 29.5 Å². The number of rotatable bonds is 15.